The fraction of sp³-hybridized carbons (Fsp3) is 1.00. The largest absolute Gasteiger partial charge is 0.395 e. The van der Waals surface area contributed by atoms with E-state index < -0.39 is 0 Å². The summed E-state index contributed by atoms with van der Waals surface area (Å²) in [5.74, 6) is 0. The number of unbranched alkanes of at least 4 members (excludes halogenated alkanes) is 10. The Morgan fingerprint density at radius 3 is 1.59 bits per heavy atom. The number of hydrogen-bond acceptors (Lipinski definition) is 2. The third kappa shape index (κ3) is 13.9. The molecule has 0 aliphatic heterocycles. The molecule has 17 heavy (non-hydrogen) atoms. The first-order chi connectivity index (χ1) is 8.31. The first-order valence-corrected chi connectivity index (χ1v) is 7.67. The normalized spacial score (nSPS) is 12.9. The van der Waals surface area contributed by atoms with Gasteiger partial charge in [0.25, 0.3) is 0 Å². The van der Waals surface area contributed by atoms with E-state index in [0.717, 1.165) is 6.42 Å². The van der Waals surface area contributed by atoms with Gasteiger partial charge in [-0.1, -0.05) is 77.6 Å². The summed E-state index contributed by atoms with van der Waals surface area (Å²) < 4.78 is 0. The molecule has 0 aromatic heterocycles. The maximum Gasteiger partial charge on any atom is 0.0582 e. The molecule has 0 unspecified atom stereocenters. The Kier molecular flexibility index (Phi) is 13.9. The predicted octanol–water partition coefficient (Wildman–Crippen LogP) is 4.01. The minimum atomic E-state index is 0.00793. The van der Waals surface area contributed by atoms with Crippen LogP contribution >= 0.6 is 0 Å². The summed E-state index contributed by atoms with van der Waals surface area (Å²) in [6.45, 7) is 2.40. The average Bonchev–Trinajstić information content (AvgIpc) is 2.35. The van der Waals surface area contributed by atoms with Crippen LogP contribution in [0.5, 0.6) is 0 Å². The first kappa shape index (κ1) is 16.9. The smallest absolute Gasteiger partial charge is 0.0582 e. The molecule has 0 saturated heterocycles. The van der Waals surface area contributed by atoms with Crippen LogP contribution in [0.3, 0.4) is 0 Å². The Bertz CT molecular complexity index is 139. The summed E-state index contributed by atoms with van der Waals surface area (Å²) in [6.07, 6.45) is 16.0. The molecule has 1 atom stereocenters. The fourth-order valence-corrected chi connectivity index (χ4v) is 2.16. The maximum atomic E-state index is 8.77. The van der Waals surface area contributed by atoms with Crippen molar-refractivity contribution < 1.29 is 5.11 Å². The molecule has 0 aromatic carbocycles. The average molecular weight is 243 g/mol. The number of hydrogen-bond donors (Lipinski definition) is 2. The standard InChI is InChI=1S/C15H33NO/c1-2-3-4-5-6-7-8-9-10-11-12-13-15(16)14-17/h15,17H,2-14,16H2,1H3/t15-/m1/s1. The minimum Gasteiger partial charge on any atom is -0.395 e. The van der Waals surface area contributed by atoms with E-state index in [0.29, 0.717) is 0 Å². The first-order valence-electron chi connectivity index (χ1n) is 7.67. The molecular formula is C15H33NO. The SMILES string of the molecule is CCCCCCCCCCCCC[C@@H](N)CO. The van der Waals surface area contributed by atoms with Gasteiger partial charge in [-0.05, 0) is 6.42 Å². The molecule has 0 radical (unpaired) electrons. The summed E-state index contributed by atoms with van der Waals surface area (Å²) in [5, 5.41) is 8.77. The van der Waals surface area contributed by atoms with Crippen molar-refractivity contribution in [2.45, 2.75) is 90.0 Å². The number of rotatable bonds is 13. The predicted molar refractivity (Wildman–Crippen MR) is 76.1 cm³/mol. The van der Waals surface area contributed by atoms with Gasteiger partial charge in [-0.15, -0.1) is 0 Å². The van der Waals surface area contributed by atoms with Crippen molar-refractivity contribution in [1.29, 1.82) is 0 Å². The Morgan fingerprint density at radius 2 is 1.18 bits per heavy atom. The molecular weight excluding hydrogens is 210 g/mol. The minimum absolute atomic E-state index is 0.00793. The molecule has 0 aromatic rings. The summed E-state index contributed by atoms with van der Waals surface area (Å²) in [4.78, 5) is 0. The molecule has 0 aliphatic carbocycles. The van der Waals surface area contributed by atoms with Crippen LogP contribution in [0.1, 0.15) is 84.0 Å². The Labute approximate surface area is 108 Å². The molecule has 0 spiro atoms. The van der Waals surface area contributed by atoms with Gasteiger partial charge in [0, 0.05) is 6.04 Å². The van der Waals surface area contributed by atoms with E-state index in [1.807, 2.05) is 0 Å². The number of aliphatic hydroxyl groups is 1. The van der Waals surface area contributed by atoms with E-state index in [1.54, 1.807) is 0 Å². The van der Waals surface area contributed by atoms with E-state index >= 15 is 0 Å². The van der Waals surface area contributed by atoms with Gasteiger partial charge >= 0.3 is 0 Å². The molecule has 0 fully saturated rings. The van der Waals surface area contributed by atoms with Crippen molar-refractivity contribution in [2.24, 2.45) is 5.73 Å². The molecule has 2 heteroatoms. The molecule has 0 saturated carbocycles. The summed E-state index contributed by atoms with van der Waals surface area (Å²) in [5.41, 5.74) is 5.64. The van der Waals surface area contributed by atoms with Crippen molar-refractivity contribution in [3.8, 4) is 0 Å². The number of aliphatic hydroxyl groups excluding tert-OH is 1. The molecule has 3 N–H and O–H groups in total. The lowest BCUT2D eigenvalue weighted by atomic mass is 10.0. The zero-order valence-corrected chi connectivity index (χ0v) is 11.8. The van der Waals surface area contributed by atoms with Crippen molar-refractivity contribution >= 4 is 0 Å². The lowest BCUT2D eigenvalue weighted by Crippen LogP contribution is -2.23. The lowest BCUT2D eigenvalue weighted by Gasteiger charge is -2.07. The molecule has 104 valence electrons. The van der Waals surface area contributed by atoms with Crippen LogP contribution in [-0.4, -0.2) is 17.8 Å². The molecule has 0 rings (SSSR count). The fourth-order valence-electron chi connectivity index (χ4n) is 2.16. The summed E-state index contributed by atoms with van der Waals surface area (Å²) in [7, 11) is 0. The van der Waals surface area contributed by atoms with E-state index in [1.165, 1.54) is 70.6 Å². The van der Waals surface area contributed by atoms with Gasteiger partial charge in [0.1, 0.15) is 0 Å². The third-order valence-corrected chi connectivity index (χ3v) is 3.41. The Balaban J connectivity index is 2.94. The molecule has 2 nitrogen and oxygen atoms in total. The van der Waals surface area contributed by atoms with Crippen LogP contribution in [0.15, 0.2) is 0 Å². The van der Waals surface area contributed by atoms with E-state index in [2.05, 4.69) is 6.92 Å². The van der Waals surface area contributed by atoms with Crippen LogP contribution in [0.4, 0.5) is 0 Å². The topological polar surface area (TPSA) is 46.2 Å². The summed E-state index contributed by atoms with van der Waals surface area (Å²) >= 11 is 0. The second-order valence-corrected chi connectivity index (χ2v) is 5.27. The van der Waals surface area contributed by atoms with Gasteiger partial charge in [-0.25, -0.2) is 0 Å². The quantitative estimate of drug-likeness (QED) is 0.480. The van der Waals surface area contributed by atoms with E-state index in [4.69, 9.17) is 10.8 Å². The molecule has 0 heterocycles. The highest BCUT2D eigenvalue weighted by molar-refractivity contribution is 4.58. The van der Waals surface area contributed by atoms with Gasteiger partial charge in [0.15, 0.2) is 0 Å². The highest BCUT2D eigenvalue weighted by atomic mass is 16.3. The molecule has 0 amide bonds. The van der Waals surface area contributed by atoms with Crippen LogP contribution < -0.4 is 5.73 Å². The third-order valence-electron chi connectivity index (χ3n) is 3.41. The zero-order chi connectivity index (χ0) is 12.8. The highest BCUT2D eigenvalue weighted by Crippen LogP contribution is 2.12. The van der Waals surface area contributed by atoms with Gasteiger partial charge in [0.2, 0.25) is 0 Å². The van der Waals surface area contributed by atoms with E-state index in [9.17, 15) is 0 Å². The van der Waals surface area contributed by atoms with Crippen LogP contribution in [0.25, 0.3) is 0 Å². The Morgan fingerprint density at radius 1 is 0.765 bits per heavy atom. The van der Waals surface area contributed by atoms with Crippen molar-refractivity contribution in [3.05, 3.63) is 0 Å². The van der Waals surface area contributed by atoms with Gasteiger partial charge < -0.3 is 10.8 Å². The van der Waals surface area contributed by atoms with Crippen molar-refractivity contribution in [2.75, 3.05) is 6.61 Å². The Hall–Kier alpha value is -0.0800. The maximum absolute atomic E-state index is 8.77. The zero-order valence-electron chi connectivity index (χ0n) is 11.8. The summed E-state index contributed by atoms with van der Waals surface area (Å²) in [6, 6.07) is 0.00793. The molecule has 0 bridgehead atoms. The highest BCUT2D eigenvalue weighted by Gasteiger charge is 1.99. The molecule has 0 aliphatic rings. The van der Waals surface area contributed by atoms with Gasteiger partial charge in [0.05, 0.1) is 6.61 Å². The second kappa shape index (κ2) is 14.0. The monoisotopic (exact) mass is 243 g/mol. The van der Waals surface area contributed by atoms with Crippen LogP contribution in [0.2, 0.25) is 0 Å². The number of nitrogens with two attached hydrogens (primary N) is 1. The van der Waals surface area contributed by atoms with Crippen molar-refractivity contribution in [3.63, 3.8) is 0 Å². The van der Waals surface area contributed by atoms with Gasteiger partial charge in [-0.2, -0.15) is 0 Å². The second-order valence-electron chi connectivity index (χ2n) is 5.27. The van der Waals surface area contributed by atoms with Gasteiger partial charge in [-0.3, -0.25) is 0 Å². The van der Waals surface area contributed by atoms with Crippen LogP contribution in [0, 0.1) is 0 Å². The van der Waals surface area contributed by atoms with Crippen LogP contribution in [-0.2, 0) is 0 Å². The van der Waals surface area contributed by atoms with E-state index in [-0.39, 0.29) is 12.6 Å². The lowest BCUT2D eigenvalue weighted by molar-refractivity contribution is 0.257. The van der Waals surface area contributed by atoms with Crippen molar-refractivity contribution in [1.82, 2.24) is 0 Å².